The van der Waals surface area contributed by atoms with Gasteiger partial charge >= 0.3 is 0 Å². The largest absolute Gasteiger partial charge is 0.352 e. The van der Waals surface area contributed by atoms with Crippen LogP contribution in [-0.4, -0.2) is 31.6 Å². The van der Waals surface area contributed by atoms with Crippen LogP contribution in [0.15, 0.2) is 42.5 Å². The molecule has 6 heteroatoms. The Morgan fingerprint density at radius 1 is 1.07 bits per heavy atom. The van der Waals surface area contributed by atoms with Crippen molar-refractivity contribution in [2.45, 2.75) is 37.8 Å². The molecule has 2 aromatic carbocycles. The molecule has 3 N–H and O–H groups in total. The van der Waals surface area contributed by atoms with Gasteiger partial charge in [-0.15, -0.1) is 0 Å². The Kier molecular flexibility index (Phi) is 6.21. The Bertz CT molecular complexity index is 867. The lowest BCUT2D eigenvalue weighted by molar-refractivity contribution is 0.0944. The van der Waals surface area contributed by atoms with Crippen molar-refractivity contribution < 1.29 is 13.6 Å². The molecule has 2 aliphatic rings. The topological polar surface area (TPSA) is 53.2 Å². The predicted octanol–water partition coefficient (Wildman–Crippen LogP) is 3.34. The normalized spacial score (nSPS) is 21.7. The minimum Gasteiger partial charge on any atom is -0.352 e. The van der Waals surface area contributed by atoms with Gasteiger partial charge in [0.2, 0.25) is 0 Å². The summed E-state index contributed by atoms with van der Waals surface area (Å²) in [5, 5.41) is 9.84. The molecule has 1 amide bonds. The van der Waals surface area contributed by atoms with E-state index in [2.05, 4.69) is 16.0 Å². The molecule has 154 valence electrons. The first-order valence-electron chi connectivity index (χ1n) is 10.4. The highest BCUT2D eigenvalue weighted by molar-refractivity contribution is 5.94. The Balaban J connectivity index is 1.27. The van der Waals surface area contributed by atoms with Crippen LogP contribution in [0.3, 0.4) is 0 Å². The van der Waals surface area contributed by atoms with Crippen molar-refractivity contribution >= 4 is 5.91 Å². The smallest absolute Gasteiger partial charge is 0.251 e. The first kappa shape index (κ1) is 20.0. The minimum atomic E-state index is -0.811. The summed E-state index contributed by atoms with van der Waals surface area (Å²) in [5.41, 5.74) is 2.54. The molecule has 4 rings (SSSR count). The van der Waals surface area contributed by atoms with E-state index < -0.39 is 11.6 Å². The van der Waals surface area contributed by atoms with Crippen molar-refractivity contribution in [3.05, 3.63) is 70.8 Å². The van der Waals surface area contributed by atoms with Gasteiger partial charge in [0, 0.05) is 30.6 Å². The maximum atomic E-state index is 13.4. The highest BCUT2D eigenvalue weighted by Gasteiger charge is 2.38. The molecule has 1 aliphatic carbocycles. The highest BCUT2D eigenvalue weighted by Crippen LogP contribution is 2.41. The Morgan fingerprint density at radius 2 is 1.90 bits per heavy atom. The number of amides is 1. The third-order valence-corrected chi connectivity index (χ3v) is 5.93. The molecule has 0 aromatic heterocycles. The minimum absolute atomic E-state index is 0.0310. The summed E-state index contributed by atoms with van der Waals surface area (Å²) in [6.07, 6.45) is 3.11. The summed E-state index contributed by atoms with van der Waals surface area (Å²) in [5.74, 6) is -0.878. The van der Waals surface area contributed by atoms with Gasteiger partial charge in [-0.2, -0.15) is 0 Å². The molecule has 0 unspecified atom stereocenters. The summed E-state index contributed by atoms with van der Waals surface area (Å²) in [6.45, 7) is 3.41. The number of halogens is 2. The average molecular weight is 399 g/mol. The fourth-order valence-corrected chi connectivity index (χ4v) is 4.03. The maximum Gasteiger partial charge on any atom is 0.251 e. The van der Waals surface area contributed by atoms with Crippen LogP contribution in [0, 0.1) is 17.6 Å². The molecule has 0 radical (unpaired) electrons. The number of hydrogen-bond donors (Lipinski definition) is 3. The first-order chi connectivity index (χ1) is 14.1. The van der Waals surface area contributed by atoms with Crippen LogP contribution >= 0.6 is 0 Å². The molecular formula is C23H27F2N3O. The highest BCUT2D eigenvalue weighted by atomic mass is 19.2. The SMILES string of the molecule is O=C(NCC1CCNCC1)c1cccc(CN[C@@H]2C[C@H]2c2ccc(F)c(F)c2)c1. The van der Waals surface area contributed by atoms with Gasteiger partial charge in [-0.25, -0.2) is 8.78 Å². The van der Waals surface area contributed by atoms with Gasteiger partial charge in [0.25, 0.3) is 5.91 Å². The lowest BCUT2D eigenvalue weighted by atomic mass is 9.98. The van der Waals surface area contributed by atoms with Crippen LogP contribution in [0.2, 0.25) is 0 Å². The molecule has 2 aromatic rings. The molecular weight excluding hydrogens is 372 g/mol. The van der Waals surface area contributed by atoms with Crippen molar-refractivity contribution in [3.8, 4) is 0 Å². The molecule has 2 fully saturated rings. The summed E-state index contributed by atoms with van der Waals surface area (Å²) >= 11 is 0. The van der Waals surface area contributed by atoms with E-state index in [9.17, 15) is 13.6 Å². The fraction of sp³-hybridized carbons (Fsp3) is 0.435. The first-order valence-corrected chi connectivity index (χ1v) is 10.4. The molecule has 0 spiro atoms. The van der Waals surface area contributed by atoms with Gasteiger partial charge in [0.15, 0.2) is 11.6 Å². The molecule has 1 heterocycles. The van der Waals surface area contributed by atoms with Crippen LogP contribution in [0.25, 0.3) is 0 Å². The zero-order valence-corrected chi connectivity index (χ0v) is 16.4. The van der Waals surface area contributed by atoms with Gasteiger partial charge < -0.3 is 16.0 Å². The number of hydrogen-bond acceptors (Lipinski definition) is 3. The van der Waals surface area contributed by atoms with Gasteiger partial charge in [-0.05, 0) is 73.7 Å². The Morgan fingerprint density at radius 3 is 2.69 bits per heavy atom. The second kappa shape index (κ2) is 9.01. The van der Waals surface area contributed by atoms with E-state index in [4.69, 9.17) is 0 Å². The van der Waals surface area contributed by atoms with Gasteiger partial charge in [-0.1, -0.05) is 18.2 Å². The average Bonchev–Trinajstić information content (AvgIpc) is 3.53. The fourth-order valence-electron chi connectivity index (χ4n) is 4.03. The second-order valence-electron chi connectivity index (χ2n) is 8.11. The van der Waals surface area contributed by atoms with Crippen LogP contribution in [0.5, 0.6) is 0 Å². The van der Waals surface area contributed by atoms with Gasteiger partial charge in [-0.3, -0.25) is 4.79 Å². The van der Waals surface area contributed by atoms with Crippen molar-refractivity contribution in [2.24, 2.45) is 5.92 Å². The molecule has 1 aliphatic heterocycles. The summed E-state index contributed by atoms with van der Waals surface area (Å²) < 4.78 is 26.5. The van der Waals surface area contributed by atoms with Gasteiger partial charge in [0.1, 0.15) is 0 Å². The van der Waals surface area contributed by atoms with E-state index in [0.717, 1.165) is 50.0 Å². The number of nitrogens with one attached hydrogen (secondary N) is 3. The van der Waals surface area contributed by atoms with E-state index in [1.165, 1.54) is 12.1 Å². The molecule has 1 saturated carbocycles. The van der Waals surface area contributed by atoms with Crippen LogP contribution in [0.4, 0.5) is 8.78 Å². The monoisotopic (exact) mass is 399 g/mol. The van der Waals surface area contributed by atoms with E-state index >= 15 is 0 Å². The van der Waals surface area contributed by atoms with Gasteiger partial charge in [0.05, 0.1) is 0 Å². The molecule has 1 saturated heterocycles. The van der Waals surface area contributed by atoms with E-state index in [1.54, 1.807) is 6.07 Å². The van der Waals surface area contributed by atoms with Crippen LogP contribution < -0.4 is 16.0 Å². The van der Waals surface area contributed by atoms with Crippen molar-refractivity contribution in [1.29, 1.82) is 0 Å². The number of carbonyl (C=O) groups excluding carboxylic acids is 1. The molecule has 29 heavy (non-hydrogen) atoms. The number of rotatable bonds is 7. The van der Waals surface area contributed by atoms with Crippen molar-refractivity contribution in [3.63, 3.8) is 0 Å². The second-order valence-corrected chi connectivity index (χ2v) is 8.11. The quantitative estimate of drug-likeness (QED) is 0.669. The summed E-state index contributed by atoms with van der Waals surface area (Å²) in [4.78, 5) is 12.5. The van der Waals surface area contributed by atoms with E-state index in [-0.39, 0.29) is 17.9 Å². The predicted molar refractivity (Wildman–Crippen MR) is 109 cm³/mol. The lowest BCUT2D eigenvalue weighted by Crippen LogP contribution is -2.36. The third-order valence-electron chi connectivity index (χ3n) is 5.93. The Hall–Kier alpha value is -2.31. The number of benzene rings is 2. The zero-order valence-electron chi connectivity index (χ0n) is 16.4. The van der Waals surface area contributed by atoms with E-state index in [0.29, 0.717) is 18.0 Å². The maximum absolute atomic E-state index is 13.4. The number of piperidine rings is 1. The molecule has 0 bridgehead atoms. The van der Waals surface area contributed by atoms with Crippen molar-refractivity contribution in [1.82, 2.24) is 16.0 Å². The molecule has 4 nitrogen and oxygen atoms in total. The number of carbonyl (C=O) groups is 1. The van der Waals surface area contributed by atoms with Crippen LogP contribution in [-0.2, 0) is 6.54 Å². The zero-order chi connectivity index (χ0) is 20.2. The third kappa shape index (κ3) is 5.19. The van der Waals surface area contributed by atoms with Crippen molar-refractivity contribution in [2.75, 3.05) is 19.6 Å². The van der Waals surface area contributed by atoms with E-state index in [1.807, 2.05) is 24.3 Å². The molecule has 2 atom stereocenters. The lowest BCUT2D eigenvalue weighted by Gasteiger charge is -2.22. The van der Waals surface area contributed by atoms with Crippen LogP contribution in [0.1, 0.15) is 46.7 Å². The standard InChI is InChI=1S/C23H27F2N3O/c24-20-5-4-17(11-21(20)25)19-12-22(19)27-14-16-2-1-3-18(10-16)23(29)28-13-15-6-8-26-9-7-15/h1-5,10-11,15,19,22,26-27H,6-9,12-14H2,(H,28,29)/t19-,22+/m0/s1. The summed E-state index contributed by atoms with van der Waals surface area (Å²) in [7, 11) is 0. The Labute approximate surface area is 170 Å². The summed E-state index contributed by atoms with van der Waals surface area (Å²) in [6, 6.07) is 12.0.